The number of hydrogen-bond donors (Lipinski definition) is 2. The van der Waals surface area contributed by atoms with Gasteiger partial charge in [-0.2, -0.15) is 0 Å². The van der Waals surface area contributed by atoms with E-state index in [1.807, 2.05) is 73.7 Å². The quantitative estimate of drug-likeness (QED) is 0.213. The summed E-state index contributed by atoms with van der Waals surface area (Å²) < 4.78 is 34.9. The zero-order valence-corrected chi connectivity index (χ0v) is 25.0. The minimum atomic E-state index is -4.64. The molecule has 40 heavy (non-hydrogen) atoms. The van der Waals surface area contributed by atoms with Crippen molar-refractivity contribution in [1.29, 1.82) is 0 Å². The first-order valence-corrected chi connectivity index (χ1v) is 13.7. The topological polar surface area (TPSA) is 108 Å². The van der Waals surface area contributed by atoms with Gasteiger partial charge < -0.3 is 15.6 Å². The number of hydrogen-bond acceptors (Lipinski definition) is 6. The zero-order chi connectivity index (χ0) is 27.4. The molecule has 0 saturated carbocycles. The van der Waals surface area contributed by atoms with Crippen molar-refractivity contribution in [2.24, 2.45) is 4.99 Å². The third-order valence-corrected chi connectivity index (χ3v) is 7.22. The van der Waals surface area contributed by atoms with Crippen molar-refractivity contribution >= 4 is 44.2 Å². The number of aliphatic imine (C=N–C) groups is 1. The van der Waals surface area contributed by atoms with Crippen LogP contribution in [-0.4, -0.2) is 18.7 Å². The second-order valence-electron chi connectivity index (χ2n) is 9.10. The molecule has 0 aliphatic heterocycles. The van der Waals surface area contributed by atoms with E-state index in [4.69, 9.17) is 5.73 Å². The average Bonchev–Trinajstić information content (AvgIpc) is 2.93. The van der Waals surface area contributed by atoms with E-state index >= 15 is 0 Å². The first-order valence-electron chi connectivity index (χ1n) is 12.3. The number of rotatable bonds is 6. The van der Waals surface area contributed by atoms with Crippen LogP contribution in [0.1, 0.15) is 16.7 Å². The maximum atomic E-state index is 11.6. The Hall–Kier alpha value is -3.72. The summed E-state index contributed by atoms with van der Waals surface area (Å²) in [4.78, 5) is 4.07. The van der Waals surface area contributed by atoms with Crippen LogP contribution in [0.25, 0.3) is 5.57 Å². The van der Waals surface area contributed by atoms with Crippen molar-refractivity contribution in [3.8, 4) is 0 Å². The maximum Gasteiger partial charge on any atom is 1.00 e. The maximum absolute atomic E-state index is 11.6. The standard InChI is InChI=1S/C32H27N3O3S.Na/c1-22-21-25(15-20-29(22)33)32(23-11-16-27(17-12-23)34-26-7-3-2-4-8-26)24-13-18-28(19-14-24)35-30-9-5-6-10-31(30)39(36,37)38;/h2-21,34H,33H2,1H3,(H,36,37,38);/q;+1/p-1. The summed E-state index contributed by atoms with van der Waals surface area (Å²) in [6.07, 6.45) is 7.48. The van der Waals surface area contributed by atoms with Crippen LogP contribution in [0.2, 0.25) is 0 Å². The fourth-order valence-corrected chi connectivity index (χ4v) is 4.96. The monoisotopic (exact) mass is 555 g/mol. The molecule has 1 aliphatic rings. The molecule has 5 rings (SSSR count). The van der Waals surface area contributed by atoms with E-state index in [0.717, 1.165) is 44.9 Å². The average molecular weight is 556 g/mol. The molecule has 0 spiro atoms. The summed E-state index contributed by atoms with van der Waals surface area (Å²) in [7, 11) is -4.64. The molecule has 4 aromatic rings. The van der Waals surface area contributed by atoms with Gasteiger partial charge in [0.2, 0.25) is 0 Å². The number of para-hydroxylation sites is 2. The molecule has 0 amide bonds. The molecule has 194 valence electrons. The van der Waals surface area contributed by atoms with Crippen LogP contribution < -0.4 is 40.6 Å². The first-order chi connectivity index (χ1) is 18.8. The van der Waals surface area contributed by atoms with Crippen molar-refractivity contribution in [2.75, 3.05) is 11.1 Å². The third kappa shape index (κ3) is 6.88. The summed E-state index contributed by atoms with van der Waals surface area (Å²) >= 11 is 0. The van der Waals surface area contributed by atoms with Crippen LogP contribution in [0, 0.1) is 6.92 Å². The van der Waals surface area contributed by atoms with E-state index in [1.165, 1.54) is 18.2 Å². The largest absolute Gasteiger partial charge is 1.00 e. The van der Waals surface area contributed by atoms with Crippen molar-refractivity contribution in [1.82, 2.24) is 0 Å². The molecule has 0 atom stereocenters. The van der Waals surface area contributed by atoms with Crippen LogP contribution >= 0.6 is 0 Å². The Morgan fingerprint density at radius 1 is 0.775 bits per heavy atom. The molecule has 1 aliphatic carbocycles. The molecule has 0 unspecified atom stereocenters. The van der Waals surface area contributed by atoms with Crippen LogP contribution in [0.4, 0.5) is 22.7 Å². The minimum absolute atomic E-state index is 0. The van der Waals surface area contributed by atoms with Gasteiger partial charge in [-0.15, -0.1) is 0 Å². The second kappa shape index (κ2) is 12.6. The number of benzene rings is 4. The van der Waals surface area contributed by atoms with Gasteiger partial charge in [0.1, 0.15) is 10.1 Å². The van der Waals surface area contributed by atoms with E-state index in [2.05, 4.69) is 28.5 Å². The Bertz CT molecular complexity index is 1740. The third-order valence-electron chi connectivity index (χ3n) is 6.33. The van der Waals surface area contributed by atoms with E-state index < -0.39 is 10.1 Å². The van der Waals surface area contributed by atoms with Gasteiger partial charge in [-0.05, 0) is 95.4 Å². The molecular weight excluding hydrogens is 529 g/mol. The molecule has 6 nitrogen and oxygen atoms in total. The predicted molar refractivity (Wildman–Crippen MR) is 158 cm³/mol. The van der Waals surface area contributed by atoms with Gasteiger partial charge in [0.15, 0.2) is 0 Å². The number of aryl methyl sites for hydroxylation is 1. The van der Waals surface area contributed by atoms with E-state index in [-0.39, 0.29) is 40.1 Å². The summed E-state index contributed by atoms with van der Waals surface area (Å²) in [5, 5.41) is 3.41. The fourth-order valence-electron chi connectivity index (χ4n) is 4.34. The summed E-state index contributed by atoms with van der Waals surface area (Å²) in [5.74, 6) is 0. The molecule has 8 heteroatoms. The Balaban J connectivity index is 0.00000370. The Morgan fingerprint density at radius 2 is 1.38 bits per heavy atom. The van der Waals surface area contributed by atoms with E-state index in [0.29, 0.717) is 5.71 Å². The molecule has 3 N–H and O–H groups in total. The Labute approximate surface area is 256 Å². The van der Waals surface area contributed by atoms with Gasteiger partial charge in [0.25, 0.3) is 0 Å². The number of anilines is 3. The first kappa shape index (κ1) is 29.3. The van der Waals surface area contributed by atoms with Crippen molar-refractivity contribution in [3.05, 3.63) is 144 Å². The van der Waals surface area contributed by atoms with Gasteiger partial charge >= 0.3 is 29.6 Å². The van der Waals surface area contributed by atoms with Gasteiger partial charge in [-0.25, -0.2) is 13.4 Å². The van der Waals surface area contributed by atoms with Crippen LogP contribution in [-0.2, 0) is 10.1 Å². The van der Waals surface area contributed by atoms with Gasteiger partial charge in [-0.1, -0.05) is 60.7 Å². The molecule has 0 fully saturated rings. The Morgan fingerprint density at radius 3 is 2.02 bits per heavy atom. The SMILES string of the molecule is Cc1cc(C(=C2C=CC(=Nc3ccccc3S(=O)(=O)[O-])C=C2)c2ccc(Nc3ccccc3)cc2)ccc1N.[Na+]. The fraction of sp³-hybridized carbons (Fsp3) is 0.0312. The van der Waals surface area contributed by atoms with Crippen LogP contribution in [0.5, 0.6) is 0 Å². The number of nitrogens with two attached hydrogens (primary N) is 1. The minimum Gasteiger partial charge on any atom is -0.744 e. The molecule has 0 heterocycles. The molecule has 0 saturated heterocycles. The van der Waals surface area contributed by atoms with Crippen LogP contribution in [0.15, 0.2) is 137 Å². The zero-order valence-electron chi connectivity index (χ0n) is 22.2. The summed E-state index contributed by atoms with van der Waals surface area (Å²) in [5.41, 5.74) is 14.4. The number of allylic oxidation sites excluding steroid dienone is 5. The van der Waals surface area contributed by atoms with E-state index in [1.54, 1.807) is 18.2 Å². The Kier molecular flexibility index (Phi) is 9.25. The number of nitrogen functional groups attached to an aromatic ring is 1. The predicted octanol–water partition coefficient (Wildman–Crippen LogP) is 3.93. The van der Waals surface area contributed by atoms with Crippen LogP contribution in [0.3, 0.4) is 0 Å². The molecule has 0 radical (unpaired) electrons. The molecule has 0 aromatic heterocycles. The van der Waals surface area contributed by atoms with Gasteiger partial charge in [-0.3, -0.25) is 0 Å². The number of nitrogens with zero attached hydrogens (tertiary/aromatic N) is 1. The second-order valence-corrected chi connectivity index (χ2v) is 10.4. The molecule has 4 aromatic carbocycles. The van der Waals surface area contributed by atoms with Crippen molar-refractivity contribution in [3.63, 3.8) is 0 Å². The summed E-state index contributed by atoms with van der Waals surface area (Å²) in [6.45, 7) is 1.98. The normalized spacial score (nSPS) is 12.6. The summed E-state index contributed by atoms with van der Waals surface area (Å²) in [6, 6.07) is 30.1. The molecular formula is C32H26N3NaO3S. The van der Waals surface area contributed by atoms with Crippen molar-refractivity contribution < 1.29 is 42.5 Å². The molecule has 0 bridgehead atoms. The van der Waals surface area contributed by atoms with Gasteiger partial charge in [0, 0.05) is 17.1 Å². The van der Waals surface area contributed by atoms with Crippen molar-refractivity contribution in [2.45, 2.75) is 11.8 Å². The van der Waals surface area contributed by atoms with E-state index in [9.17, 15) is 13.0 Å². The van der Waals surface area contributed by atoms with Gasteiger partial charge in [0.05, 0.1) is 16.3 Å². The number of nitrogens with one attached hydrogen (secondary N) is 1. The smallest absolute Gasteiger partial charge is 0.744 e.